The normalized spacial score (nSPS) is 17.9. The third-order valence-electron chi connectivity index (χ3n) is 8.76. The molecule has 40 heavy (non-hydrogen) atoms. The summed E-state index contributed by atoms with van der Waals surface area (Å²) in [4.78, 5) is 37.4. The number of nitrogens with zero attached hydrogens (tertiary/aromatic N) is 4. The number of pyridine rings is 1. The quantitative estimate of drug-likeness (QED) is 0.336. The highest BCUT2D eigenvalue weighted by Gasteiger charge is 2.39. The molecule has 6 rings (SSSR count). The maximum atomic E-state index is 13.6. The first-order chi connectivity index (χ1) is 18.5. The fourth-order valence-electron chi connectivity index (χ4n) is 6.36. The summed E-state index contributed by atoms with van der Waals surface area (Å²) in [6.07, 6.45) is 9.93. The van der Waals surface area contributed by atoms with Crippen molar-refractivity contribution in [1.82, 2.24) is 9.88 Å². The number of carbonyl (C=O) groups excluding carboxylic acids is 2. The van der Waals surface area contributed by atoms with E-state index in [1.54, 1.807) is 17.0 Å². The lowest BCUT2D eigenvalue weighted by Gasteiger charge is -2.47. The molecule has 3 aliphatic rings. The van der Waals surface area contributed by atoms with Crippen LogP contribution in [0.25, 0.3) is 0 Å². The van der Waals surface area contributed by atoms with Gasteiger partial charge in [0.05, 0.1) is 10.6 Å². The lowest BCUT2D eigenvalue weighted by molar-refractivity contribution is 0.0515. The largest absolute Gasteiger partial charge is 0.371 e. The zero-order chi connectivity index (χ0) is 26.1. The fraction of sp³-hybridized carbons (Fsp3) is 0.387. The molecule has 0 bridgehead atoms. The van der Waals surface area contributed by atoms with Crippen molar-refractivity contribution >= 4 is 59.6 Å². The molecule has 2 fully saturated rings. The van der Waals surface area contributed by atoms with Crippen LogP contribution in [0.3, 0.4) is 0 Å². The minimum absolute atomic E-state index is 0. The van der Waals surface area contributed by atoms with E-state index in [9.17, 15) is 9.59 Å². The first-order valence-corrected chi connectivity index (χ1v) is 14.0. The Bertz CT molecular complexity index is 1340. The van der Waals surface area contributed by atoms with Crippen molar-refractivity contribution in [2.24, 2.45) is 5.41 Å². The Labute approximate surface area is 253 Å². The maximum Gasteiger partial charge on any atom is 0.259 e. The van der Waals surface area contributed by atoms with Gasteiger partial charge in [0.2, 0.25) is 0 Å². The Morgan fingerprint density at radius 3 is 2.17 bits per heavy atom. The molecule has 0 aliphatic carbocycles. The Kier molecular flexibility index (Phi) is 9.65. The van der Waals surface area contributed by atoms with Crippen LogP contribution in [0.5, 0.6) is 0 Å². The highest BCUT2D eigenvalue weighted by Crippen LogP contribution is 2.42. The topological polar surface area (TPSA) is 56.8 Å². The number of halogens is 3. The molecule has 1 aromatic heterocycles. The van der Waals surface area contributed by atoms with E-state index >= 15 is 0 Å². The molecule has 3 aliphatic heterocycles. The molecular formula is C31H35Cl3N4O2. The van der Waals surface area contributed by atoms with E-state index in [0.29, 0.717) is 28.1 Å². The molecule has 2 amide bonds. The van der Waals surface area contributed by atoms with Crippen LogP contribution < -0.4 is 9.80 Å². The van der Waals surface area contributed by atoms with Crippen LogP contribution in [-0.4, -0.2) is 54.4 Å². The lowest BCUT2D eigenvalue weighted by atomic mass is 9.71. The predicted molar refractivity (Wildman–Crippen MR) is 166 cm³/mol. The van der Waals surface area contributed by atoms with Gasteiger partial charge in [-0.2, -0.15) is 0 Å². The average Bonchev–Trinajstić information content (AvgIpc) is 2.97. The monoisotopic (exact) mass is 600 g/mol. The summed E-state index contributed by atoms with van der Waals surface area (Å²) in [5, 5.41) is 0.450. The van der Waals surface area contributed by atoms with E-state index in [1.807, 2.05) is 47.6 Å². The number of piperidine rings is 2. The van der Waals surface area contributed by atoms with Gasteiger partial charge in [-0.25, -0.2) is 0 Å². The van der Waals surface area contributed by atoms with Gasteiger partial charge in [0.15, 0.2) is 0 Å². The molecule has 212 valence electrons. The van der Waals surface area contributed by atoms with Gasteiger partial charge >= 0.3 is 0 Å². The van der Waals surface area contributed by atoms with Crippen molar-refractivity contribution in [2.45, 2.75) is 38.5 Å². The smallest absolute Gasteiger partial charge is 0.259 e. The van der Waals surface area contributed by atoms with Gasteiger partial charge in [-0.05, 0) is 85.9 Å². The number of benzene rings is 2. The van der Waals surface area contributed by atoms with E-state index in [4.69, 9.17) is 11.6 Å². The molecule has 1 spiro atoms. The van der Waals surface area contributed by atoms with Crippen molar-refractivity contribution in [2.75, 3.05) is 42.5 Å². The van der Waals surface area contributed by atoms with E-state index in [0.717, 1.165) is 76.0 Å². The van der Waals surface area contributed by atoms with Crippen molar-refractivity contribution in [3.63, 3.8) is 0 Å². The van der Waals surface area contributed by atoms with Crippen LogP contribution in [0.4, 0.5) is 11.4 Å². The molecule has 9 heteroatoms. The number of amides is 2. The SMILES string of the molecule is Cl.Cl.O=C(c1ccc2c(c1)N(C(=O)c1ccccc1Cl)CCC2)N1CCC2(CC1)CCN(c1ccncc1)CC2. The number of likely N-dealkylation sites (tertiary alicyclic amines) is 1. The van der Waals surface area contributed by atoms with Gasteiger partial charge in [0, 0.05) is 62.1 Å². The molecular weight excluding hydrogens is 567 g/mol. The molecule has 3 aromatic rings. The lowest BCUT2D eigenvalue weighted by Crippen LogP contribution is -2.48. The summed E-state index contributed by atoms with van der Waals surface area (Å²) in [5.41, 5.74) is 4.67. The number of rotatable bonds is 3. The number of hydrogen-bond acceptors (Lipinski definition) is 4. The zero-order valence-electron chi connectivity index (χ0n) is 22.4. The number of hydrogen-bond donors (Lipinski definition) is 0. The summed E-state index contributed by atoms with van der Waals surface area (Å²) in [7, 11) is 0. The van der Waals surface area contributed by atoms with Gasteiger partial charge in [-0.15, -0.1) is 24.8 Å². The third-order valence-corrected chi connectivity index (χ3v) is 9.09. The predicted octanol–water partition coefficient (Wildman–Crippen LogP) is 6.69. The standard InChI is InChI=1S/C31H33ClN4O2.2ClH/c32-27-6-2-1-5-26(27)30(38)36-17-3-4-23-7-8-24(22-28(23)36)29(37)35-20-13-31(14-21-35)11-18-34(19-12-31)25-9-15-33-16-10-25;;/h1-2,5-10,15-16,22H,3-4,11-14,17-21H2;2*1H. The molecule has 6 nitrogen and oxygen atoms in total. The zero-order valence-corrected chi connectivity index (χ0v) is 24.8. The van der Waals surface area contributed by atoms with Crippen molar-refractivity contribution < 1.29 is 9.59 Å². The van der Waals surface area contributed by atoms with Crippen molar-refractivity contribution in [1.29, 1.82) is 0 Å². The van der Waals surface area contributed by atoms with Gasteiger partial charge in [0.25, 0.3) is 11.8 Å². The summed E-state index contributed by atoms with van der Waals surface area (Å²) in [6, 6.07) is 17.2. The van der Waals surface area contributed by atoms with Gasteiger partial charge < -0.3 is 14.7 Å². The minimum Gasteiger partial charge on any atom is -0.371 e. The van der Waals surface area contributed by atoms with E-state index in [2.05, 4.69) is 22.0 Å². The second-order valence-electron chi connectivity index (χ2n) is 10.9. The molecule has 0 saturated carbocycles. The van der Waals surface area contributed by atoms with Gasteiger partial charge in [-0.1, -0.05) is 29.8 Å². The third kappa shape index (κ3) is 5.95. The fourth-order valence-corrected chi connectivity index (χ4v) is 6.58. The summed E-state index contributed by atoms with van der Waals surface area (Å²) >= 11 is 6.34. The van der Waals surface area contributed by atoms with Crippen molar-refractivity contribution in [3.8, 4) is 0 Å². The Hall–Kier alpha value is -2.80. The maximum absolute atomic E-state index is 13.6. The summed E-state index contributed by atoms with van der Waals surface area (Å²) in [6.45, 7) is 4.30. The summed E-state index contributed by atoms with van der Waals surface area (Å²) < 4.78 is 0. The Morgan fingerprint density at radius 1 is 0.800 bits per heavy atom. The Morgan fingerprint density at radius 2 is 1.48 bits per heavy atom. The van der Waals surface area contributed by atoms with Gasteiger partial charge in [0.1, 0.15) is 0 Å². The van der Waals surface area contributed by atoms with Crippen molar-refractivity contribution in [3.05, 3.63) is 88.7 Å². The number of carbonyl (C=O) groups is 2. The minimum atomic E-state index is -0.112. The first-order valence-electron chi connectivity index (χ1n) is 13.7. The van der Waals surface area contributed by atoms with Crippen LogP contribution in [-0.2, 0) is 6.42 Å². The second-order valence-corrected chi connectivity index (χ2v) is 11.3. The Balaban J connectivity index is 0.00000185. The van der Waals surface area contributed by atoms with E-state index in [1.165, 1.54) is 5.69 Å². The van der Waals surface area contributed by atoms with Gasteiger partial charge in [-0.3, -0.25) is 14.6 Å². The van der Waals surface area contributed by atoms with Crippen LogP contribution in [0.1, 0.15) is 58.4 Å². The highest BCUT2D eigenvalue weighted by atomic mass is 35.5. The molecule has 2 saturated heterocycles. The molecule has 0 radical (unpaired) electrons. The molecule has 0 unspecified atom stereocenters. The van der Waals surface area contributed by atoms with Crippen LogP contribution in [0.15, 0.2) is 67.0 Å². The highest BCUT2D eigenvalue weighted by molar-refractivity contribution is 6.34. The number of aromatic nitrogens is 1. The molecule has 4 heterocycles. The first kappa shape index (κ1) is 30.2. The van der Waals surface area contributed by atoms with Crippen LogP contribution in [0.2, 0.25) is 5.02 Å². The summed E-state index contributed by atoms with van der Waals surface area (Å²) in [5.74, 6) is -0.0493. The number of aryl methyl sites for hydroxylation is 1. The molecule has 0 atom stereocenters. The van der Waals surface area contributed by atoms with Crippen LogP contribution >= 0.6 is 36.4 Å². The number of anilines is 2. The molecule has 0 N–H and O–H groups in total. The van der Waals surface area contributed by atoms with E-state index in [-0.39, 0.29) is 36.6 Å². The number of fused-ring (bicyclic) bond motifs is 1. The van der Waals surface area contributed by atoms with E-state index < -0.39 is 0 Å². The average molecular weight is 602 g/mol. The second kappa shape index (κ2) is 12.8. The van der Waals surface area contributed by atoms with Crippen LogP contribution in [0, 0.1) is 5.41 Å². The molecule has 2 aromatic carbocycles.